The molecule has 1 N–H and O–H groups in total. The molecule has 0 spiro atoms. The Morgan fingerprint density at radius 1 is 1.32 bits per heavy atom. The molecule has 19 heavy (non-hydrogen) atoms. The fourth-order valence-corrected chi connectivity index (χ4v) is 2.88. The molecule has 1 rings (SSSR count). The molecule has 0 aromatic carbocycles. The lowest BCUT2D eigenvalue weighted by atomic mass is 9.93. The van der Waals surface area contributed by atoms with Crippen molar-refractivity contribution in [3.8, 4) is 0 Å². The minimum absolute atomic E-state index is 0.476. The van der Waals surface area contributed by atoms with Gasteiger partial charge in [0.2, 0.25) is 0 Å². The van der Waals surface area contributed by atoms with E-state index in [1.807, 2.05) is 11.6 Å². The van der Waals surface area contributed by atoms with Crippen molar-refractivity contribution in [2.75, 3.05) is 6.54 Å². The molecule has 0 fully saturated rings. The van der Waals surface area contributed by atoms with Gasteiger partial charge in [0.1, 0.15) is 0 Å². The third kappa shape index (κ3) is 4.22. The molecule has 3 nitrogen and oxygen atoms in total. The van der Waals surface area contributed by atoms with Crippen molar-refractivity contribution in [1.29, 1.82) is 0 Å². The number of likely N-dealkylation sites (N-methyl/N-ethyl adjacent to an activating group) is 1. The molecule has 0 aliphatic heterocycles. The third-order valence-corrected chi connectivity index (χ3v) is 4.25. The van der Waals surface area contributed by atoms with Crippen LogP contribution in [0.3, 0.4) is 0 Å². The van der Waals surface area contributed by atoms with Gasteiger partial charge in [0.25, 0.3) is 0 Å². The van der Waals surface area contributed by atoms with E-state index in [0.29, 0.717) is 12.0 Å². The lowest BCUT2D eigenvalue weighted by Gasteiger charge is -2.25. The quantitative estimate of drug-likeness (QED) is 0.787. The lowest BCUT2D eigenvalue weighted by molar-refractivity contribution is 0.351. The van der Waals surface area contributed by atoms with Crippen LogP contribution in [0.5, 0.6) is 0 Å². The number of halogens is 1. The molecule has 110 valence electrons. The minimum atomic E-state index is 0.476. The number of nitrogens with zero attached hydrogens (tertiary/aromatic N) is 2. The van der Waals surface area contributed by atoms with Gasteiger partial charge in [0.05, 0.1) is 16.4 Å². The van der Waals surface area contributed by atoms with Gasteiger partial charge in [-0.3, -0.25) is 4.68 Å². The summed E-state index contributed by atoms with van der Waals surface area (Å²) in [5, 5.41) is 8.95. The summed E-state index contributed by atoms with van der Waals surface area (Å²) in [6.07, 6.45) is 3.43. The van der Waals surface area contributed by atoms with Crippen LogP contribution in [-0.2, 0) is 13.0 Å². The number of aromatic nitrogens is 2. The average molecular weight is 286 g/mol. The Kier molecular flexibility index (Phi) is 6.87. The van der Waals surface area contributed by atoms with Gasteiger partial charge in [-0.25, -0.2) is 0 Å². The molecule has 0 aliphatic carbocycles. The van der Waals surface area contributed by atoms with Crippen LogP contribution in [0.15, 0.2) is 0 Å². The summed E-state index contributed by atoms with van der Waals surface area (Å²) in [7, 11) is 0. The Balaban J connectivity index is 2.89. The summed E-state index contributed by atoms with van der Waals surface area (Å²) in [6.45, 7) is 12.7. The van der Waals surface area contributed by atoms with Crippen molar-refractivity contribution in [3.05, 3.63) is 16.4 Å². The first-order chi connectivity index (χ1) is 9.04. The van der Waals surface area contributed by atoms with E-state index in [-0.39, 0.29) is 0 Å². The Hall–Kier alpha value is -0.540. The Morgan fingerprint density at radius 3 is 2.53 bits per heavy atom. The van der Waals surface area contributed by atoms with E-state index < -0.39 is 0 Å². The number of hydrogen-bond donors (Lipinski definition) is 1. The van der Waals surface area contributed by atoms with Crippen molar-refractivity contribution < 1.29 is 0 Å². The monoisotopic (exact) mass is 285 g/mol. The van der Waals surface area contributed by atoms with Crippen LogP contribution in [0.1, 0.15) is 51.9 Å². The maximum atomic E-state index is 6.41. The van der Waals surface area contributed by atoms with Gasteiger partial charge in [-0.1, -0.05) is 38.8 Å². The van der Waals surface area contributed by atoms with Crippen molar-refractivity contribution in [1.82, 2.24) is 15.1 Å². The normalized spacial score (nSPS) is 14.6. The molecule has 0 aliphatic rings. The molecule has 2 atom stereocenters. The van der Waals surface area contributed by atoms with E-state index in [1.54, 1.807) is 0 Å². The van der Waals surface area contributed by atoms with Gasteiger partial charge in [0.15, 0.2) is 0 Å². The highest BCUT2D eigenvalue weighted by molar-refractivity contribution is 6.31. The van der Waals surface area contributed by atoms with Gasteiger partial charge in [-0.2, -0.15) is 5.10 Å². The van der Waals surface area contributed by atoms with Gasteiger partial charge >= 0.3 is 0 Å². The number of hydrogen-bond acceptors (Lipinski definition) is 2. The highest BCUT2D eigenvalue weighted by Crippen LogP contribution is 2.24. The largest absolute Gasteiger partial charge is 0.314 e. The van der Waals surface area contributed by atoms with Crippen LogP contribution < -0.4 is 5.32 Å². The summed E-state index contributed by atoms with van der Waals surface area (Å²) < 4.78 is 2.04. The SMILES string of the molecule is CCCC(C)C(Cc1c(Cl)c(C)nn1CC)NCC. The van der Waals surface area contributed by atoms with Crippen molar-refractivity contribution in [3.63, 3.8) is 0 Å². The van der Waals surface area contributed by atoms with E-state index in [1.165, 1.54) is 18.5 Å². The van der Waals surface area contributed by atoms with Crippen molar-refractivity contribution in [2.24, 2.45) is 5.92 Å². The zero-order chi connectivity index (χ0) is 14.4. The second-order valence-electron chi connectivity index (χ2n) is 5.30. The first kappa shape index (κ1) is 16.5. The first-order valence-corrected chi connectivity index (χ1v) is 7.87. The number of aryl methyl sites for hydroxylation is 2. The molecule has 1 aromatic rings. The second-order valence-corrected chi connectivity index (χ2v) is 5.67. The van der Waals surface area contributed by atoms with Crippen LogP contribution >= 0.6 is 11.6 Å². The maximum Gasteiger partial charge on any atom is 0.0847 e. The molecule has 0 amide bonds. The standard InChI is InChI=1S/C15H28ClN3/c1-6-9-11(4)13(17-7-2)10-14-15(16)12(5)18-19(14)8-3/h11,13,17H,6-10H2,1-5H3. The van der Waals surface area contributed by atoms with E-state index in [9.17, 15) is 0 Å². The van der Waals surface area contributed by atoms with Crippen molar-refractivity contribution >= 4 is 11.6 Å². The van der Waals surface area contributed by atoms with Crippen LogP contribution in [0, 0.1) is 12.8 Å². The number of rotatable bonds is 8. The summed E-state index contributed by atoms with van der Waals surface area (Å²) in [5.41, 5.74) is 2.12. The molecule has 0 saturated carbocycles. The molecule has 0 radical (unpaired) electrons. The zero-order valence-corrected chi connectivity index (χ0v) is 13.7. The highest BCUT2D eigenvalue weighted by Gasteiger charge is 2.21. The van der Waals surface area contributed by atoms with Crippen LogP contribution in [-0.4, -0.2) is 22.4 Å². The van der Waals surface area contributed by atoms with Crippen LogP contribution in [0.25, 0.3) is 0 Å². The molecule has 1 aromatic heterocycles. The lowest BCUT2D eigenvalue weighted by Crippen LogP contribution is -2.37. The average Bonchev–Trinajstić information content (AvgIpc) is 2.66. The minimum Gasteiger partial charge on any atom is -0.314 e. The first-order valence-electron chi connectivity index (χ1n) is 7.50. The molecule has 1 heterocycles. The van der Waals surface area contributed by atoms with Crippen LogP contribution in [0.2, 0.25) is 5.02 Å². The van der Waals surface area contributed by atoms with E-state index >= 15 is 0 Å². The fraction of sp³-hybridized carbons (Fsp3) is 0.800. The highest BCUT2D eigenvalue weighted by atomic mass is 35.5. The summed E-state index contributed by atoms with van der Waals surface area (Å²) in [4.78, 5) is 0. The molecular weight excluding hydrogens is 258 g/mol. The van der Waals surface area contributed by atoms with Gasteiger partial charge < -0.3 is 5.32 Å². The van der Waals surface area contributed by atoms with Gasteiger partial charge in [-0.15, -0.1) is 0 Å². The predicted molar refractivity (Wildman–Crippen MR) is 82.9 cm³/mol. The smallest absolute Gasteiger partial charge is 0.0847 e. The van der Waals surface area contributed by atoms with Crippen molar-refractivity contribution in [2.45, 2.75) is 66.5 Å². The molecular formula is C15H28ClN3. The summed E-state index contributed by atoms with van der Waals surface area (Å²) >= 11 is 6.41. The molecule has 2 unspecified atom stereocenters. The fourth-order valence-electron chi connectivity index (χ4n) is 2.67. The predicted octanol–water partition coefficient (Wildman–Crippen LogP) is 3.82. The van der Waals surface area contributed by atoms with E-state index in [2.05, 4.69) is 38.1 Å². The number of nitrogens with one attached hydrogen (secondary N) is 1. The van der Waals surface area contributed by atoms with Crippen LogP contribution in [0.4, 0.5) is 0 Å². The zero-order valence-electron chi connectivity index (χ0n) is 13.0. The Labute approximate surface area is 122 Å². The Bertz CT molecular complexity index is 387. The van der Waals surface area contributed by atoms with E-state index in [0.717, 1.165) is 30.2 Å². The molecule has 0 bridgehead atoms. The molecule has 0 saturated heterocycles. The maximum absolute atomic E-state index is 6.41. The molecule has 4 heteroatoms. The Morgan fingerprint density at radius 2 is 2.00 bits per heavy atom. The third-order valence-electron chi connectivity index (χ3n) is 3.76. The topological polar surface area (TPSA) is 29.9 Å². The summed E-state index contributed by atoms with van der Waals surface area (Å²) in [6, 6.07) is 0.476. The van der Waals surface area contributed by atoms with Gasteiger partial charge in [-0.05, 0) is 32.7 Å². The summed E-state index contributed by atoms with van der Waals surface area (Å²) in [5.74, 6) is 0.654. The van der Waals surface area contributed by atoms with E-state index in [4.69, 9.17) is 11.6 Å². The van der Waals surface area contributed by atoms with Gasteiger partial charge in [0, 0.05) is 19.0 Å². The second kappa shape index (κ2) is 7.91.